The lowest BCUT2D eigenvalue weighted by Crippen LogP contribution is -2.53. The molecule has 3 amide bonds. The summed E-state index contributed by atoms with van der Waals surface area (Å²) in [4.78, 5) is 38.2. The summed E-state index contributed by atoms with van der Waals surface area (Å²) in [5, 5.41) is 2.16. The molecule has 0 radical (unpaired) electrons. The van der Waals surface area contributed by atoms with Crippen molar-refractivity contribution >= 4 is 35.2 Å². The third-order valence-corrected chi connectivity index (χ3v) is 5.56. The number of nitrogens with one attached hydrogen (secondary N) is 1. The van der Waals surface area contributed by atoms with Gasteiger partial charge in [0, 0.05) is 0 Å². The predicted octanol–water partition coefficient (Wildman–Crippen LogP) is 2.29. The molecule has 1 N–H and O–H groups in total. The van der Waals surface area contributed by atoms with Crippen LogP contribution in [0.2, 0.25) is 0 Å². The van der Waals surface area contributed by atoms with Crippen molar-refractivity contribution in [3.8, 4) is 5.75 Å². The average molecular weight is 350 g/mol. The van der Waals surface area contributed by atoms with Gasteiger partial charge in [0.05, 0.1) is 23.3 Å². The standard InChI is InChI=1S/C17H22N2O4S/c1-4-13-16(21)19(17(22)14(5-2)24-13)10-15(20)18-11-8-6-7-9-12(11)23-3/h6-9,13-14H,4-5,10H2,1-3H3,(H,18,20). The van der Waals surface area contributed by atoms with Gasteiger partial charge in [-0.1, -0.05) is 26.0 Å². The van der Waals surface area contributed by atoms with Crippen LogP contribution < -0.4 is 10.1 Å². The van der Waals surface area contributed by atoms with Crippen molar-refractivity contribution in [1.29, 1.82) is 0 Å². The van der Waals surface area contributed by atoms with E-state index in [0.29, 0.717) is 24.3 Å². The molecular weight excluding hydrogens is 328 g/mol. The van der Waals surface area contributed by atoms with Crippen LogP contribution in [-0.4, -0.2) is 46.8 Å². The molecule has 0 spiro atoms. The number of hydrogen-bond acceptors (Lipinski definition) is 5. The topological polar surface area (TPSA) is 75.7 Å². The summed E-state index contributed by atoms with van der Waals surface area (Å²) in [6.07, 6.45) is 1.27. The summed E-state index contributed by atoms with van der Waals surface area (Å²) in [5.74, 6) is -0.465. The van der Waals surface area contributed by atoms with Gasteiger partial charge < -0.3 is 10.1 Å². The van der Waals surface area contributed by atoms with Crippen molar-refractivity contribution in [2.24, 2.45) is 0 Å². The number of ether oxygens (including phenoxy) is 1. The lowest BCUT2D eigenvalue weighted by atomic mass is 10.2. The van der Waals surface area contributed by atoms with Gasteiger partial charge in [-0.05, 0) is 25.0 Å². The maximum absolute atomic E-state index is 12.4. The number of nitrogens with zero attached hydrogens (tertiary/aromatic N) is 1. The van der Waals surface area contributed by atoms with Crippen molar-refractivity contribution in [2.45, 2.75) is 37.2 Å². The largest absolute Gasteiger partial charge is 0.495 e. The Morgan fingerprint density at radius 1 is 1.17 bits per heavy atom. The van der Waals surface area contributed by atoms with Crippen LogP contribution >= 0.6 is 11.8 Å². The summed E-state index contributed by atoms with van der Waals surface area (Å²) in [6.45, 7) is 3.54. The minimum Gasteiger partial charge on any atom is -0.495 e. The minimum atomic E-state index is -0.419. The Morgan fingerprint density at radius 3 is 2.29 bits per heavy atom. The third kappa shape index (κ3) is 3.90. The first-order valence-corrected chi connectivity index (χ1v) is 8.89. The number of benzene rings is 1. The lowest BCUT2D eigenvalue weighted by molar-refractivity contribution is -0.147. The van der Waals surface area contributed by atoms with Gasteiger partial charge in [-0.25, -0.2) is 0 Å². The Hall–Kier alpha value is -2.02. The van der Waals surface area contributed by atoms with E-state index < -0.39 is 5.91 Å². The molecule has 0 saturated carbocycles. The van der Waals surface area contributed by atoms with Crippen molar-refractivity contribution < 1.29 is 19.1 Å². The van der Waals surface area contributed by atoms with E-state index in [1.165, 1.54) is 18.9 Å². The fourth-order valence-electron chi connectivity index (χ4n) is 2.55. The van der Waals surface area contributed by atoms with E-state index in [0.717, 1.165) is 4.90 Å². The molecule has 2 rings (SSSR count). The van der Waals surface area contributed by atoms with Crippen LogP contribution in [0.15, 0.2) is 24.3 Å². The van der Waals surface area contributed by atoms with Crippen molar-refractivity contribution in [3.05, 3.63) is 24.3 Å². The van der Waals surface area contributed by atoms with E-state index in [4.69, 9.17) is 4.74 Å². The summed E-state index contributed by atoms with van der Waals surface area (Å²) in [7, 11) is 1.51. The maximum Gasteiger partial charge on any atom is 0.244 e. The first kappa shape index (κ1) is 18.3. The fourth-order valence-corrected chi connectivity index (χ4v) is 3.82. The number of para-hydroxylation sites is 2. The molecule has 24 heavy (non-hydrogen) atoms. The van der Waals surface area contributed by atoms with E-state index in [-0.39, 0.29) is 28.9 Å². The van der Waals surface area contributed by atoms with Crippen LogP contribution in [0.3, 0.4) is 0 Å². The lowest BCUT2D eigenvalue weighted by Gasteiger charge is -2.34. The van der Waals surface area contributed by atoms with Gasteiger partial charge in [0.2, 0.25) is 17.7 Å². The summed E-state index contributed by atoms with van der Waals surface area (Å²) in [6, 6.07) is 6.99. The Morgan fingerprint density at radius 2 is 1.75 bits per heavy atom. The number of rotatable bonds is 6. The molecule has 1 heterocycles. The Labute approximate surface area is 145 Å². The molecule has 130 valence electrons. The van der Waals surface area contributed by atoms with Gasteiger partial charge in [0.1, 0.15) is 12.3 Å². The molecule has 2 atom stereocenters. The molecular formula is C17H22N2O4S. The molecule has 2 unspecified atom stereocenters. The van der Waals surface area contributed by atoms with E-state index in [1.807, 2.05) is 13.8 Å². The van der Waals surface area contributed by atoms with Gasteiger partial charge in [0.25, 0.3) is 0 Å². The van der Waals surface area contributed by atoms with Gasteiger partial charge in [-0.15, -0.1) is 11.8 Å². The Bertz CT molecular complexity index is 613. The third-order valence-electron chi connectivity index (χ3n) is 3.84. The zero-order valence-corrected chi connectivity index (χ0v) is 14.9. The van der Waals surface area contributed by atoms with Crippen LogP contribution in [-0.2, 0) is 14.4 Å². The molecule has 1 aliphatic rings. The Balaban J connectivity index is 2.11. The predicted molar refractivity (Wildman–Crippen MR) is 94.1 cm³/mol. The van der Waals surface area contributed by atoms with Crippen LogP contribution in [0.1, 0.15) is 26.7 Å². The van der Waals surface area contributed by atoms with Gasteiger partial charge in [0.15, 0.2) is 0 Å². The molecule has 7 heteroatoms. The second-order valence-corrected chi connectivity index (χ2v) is 6.85. The molecule has 6 nitrogen and oxygen atoms in total. The number of hydrogen-bond donors (Lipinski definition) is 1. The summed E-state index contributed by atoms with van der Waals surface area (Å²) in [5.41, 5.74) is 0.510. The van der Waals surface area contributed by atoms with Crippen molar-refractivity contribution in [2.75, 3.05) is 19.0 Å². The summed E-state index contributed by atoms with van der Waals surface area (Å²) >= 11 is 1.40. The Kier molecular flexibility index (Phi) is 6.25. The number of thioether (sulfide) groups is 1. The molecule has 0 aliphatic carbocycles. The van der Waals surface area contributed by atoms with E-state index in [1.54, 1.807) is 24.3 Å². The molecule has 1 saturated heterocycles. The van der Waals surface area contributed by atoms with Crippen LogP contribution in [0.25, 0.3) is 0 Å². The highest BCUT2D eigenvalue weighted by Gasteiger charge is 2.40. The highest BCUT2D eigenvalue weighted by Crippen LogP contribution is 2.31. The first-order chi connectivity index (χ1) is 11.5. The maximum atomic E-state index is 12.4. The molecule has 0 aromatic heterocycles. The SMILES string of the molecule is CCC1SC(CC)C(=O)N(CC(=O)Nc2ccccc2OC)C1=O. The van der Waals surface area contributed by atoms with E-state index in [2.05, 4.69) is 5.32 Å². The normalized spacial score (nSPS) is 20.9. The molecule has 0 bridgehead atoms. The van der Waals surface area contributed by atoms with Crippen LogP contribution in [0, 0.1) is 0 Å². The second kappa shape index (κ2) is 8.19. The zero-order valence-electron chi connectivity index (χ0n) is 14.1. The van der Waals surface area contributed by atoms with Crippen molar-refractivity contribution in [3.63, 3.8) is 0 Å². The minimum absolute atomic E-state index is 0.272. The number of methoxy groups -OCH3 is 1. The van der Waals surface area contributed by atoms with Gasteiger partial charge in [-0.3, -0.25) is 19.3 Å². The van der Waals surface area contributed by atoms with Crippen LogP contribution in [0.4, 0.5) is 5.69 Å². The number of amides is 3. The smallest absolute Gasteiger partial charge is 0.244 e. The van der Waals surface area contributed by atoms with Crippen LogP contribution in [0.5, 0.6) is 5.75 Å². The number of anilines is 1. The molecule has 1 fully saturated rings. The number of carbonyl (C=O) groups excluding carboxylic acids is 3. The second-order valence-electron chi connectivity index (χ2n) is 5.44. The fraction of sp³-hybridized carbons (Fsp3) is 0.471. The quantitative estimate of drug-likeness (QED) is 0.797. The monoisotopic (exact) mass is 350 g/mol. The molecule has 1 aromatic rings. The van der Waals surface area contributed by atoms with E-state index >= 15 is 0 Å². The zero-order chi connectivity index (χ0) is 17.7. The molecule has 1 aromatic carbocycles. The van der Waals surface area contributed by atoms with E-state index in [9.17, 15) is 14.4 Å². The highest BCUT2D eigenvalue weighted by atomic mass is 32.2. The highest BCUT2D eigenvalue weighted by molar-refractivity contribution is 8.02. The first-order valence-electron chi connectivity index (χ1n) is 7.95. The number of imide groups is 1. The van der Waals surface area contributed by atoms with Gasteiger partial charge in [-0.2, -0.15) is 0 Å². The average Bonchev–Trinajstić information content (AvgIpc) is 2.59. The van der Waals surface area contributed by atoms with Gasteiger partial charge >= 0.3 is 0 Å². The summed E-state index contributed by atoms with van der Waals surface area (Å²) < 4.78 is 5.18. The van der Waals surface area contributed by atoms with Crippen molar-refractivity contribution in [1.82, 2.24) is 4.90 Å². The number of carbonyl (C=O) groups is 3. The molecule has 1 aliphatic heterocycles.